The maximum absolute atomic E-state index is 10.1. The number of allylic oxidation sites excluding steroid dienone is 1. The summed E-state index contributed by atoms with van der Waals surface area (Å²) < 4.78 is 5.38. The molecule has 1 rings (SSSR count). The van der Waals surface area contributed by atoms with Gasteiger partial charge in [0.25, 0.3) is 0 Å². The Kier molecular flexibility index (Phi) is 3.80. The van der Waals surface area contributed by atoms with Crippen LogP contribution in [-0.4, -0.2) is 23.8 Å². The summed E-state index contributed by atoms with van der Waals surface area (Å²) in [4.78, 5) is 10.1. The first-order valence-electron chi connectivity index (χ1n) is 4.30. The summed E-state index contributed by atoms with van der Waals surface area (Å²) in [7, 11) is 0. The van der Waals surface area contributed by atoms with Gasteiger partial charge in [0.15, 0.2) is 0 Å². The highest BCUT2D eigenvalue weighted by molar-refractivity contribution is 5.79. The smallest absolute Gasteiger partial charge is 0.327 e. The van der Waals surface area contributed by atoms with Crippen LogP contribution in [0.2, 0.25) is 0 Å². The quantitative estimate of drug-likeness (QED) is 0.651. The third-order valence-electron chi connectivity index (χ3n) is 1.94. The molecular weight excluding hydrogens is 156 g/mol. The first kappa shape index (κ1) is 9.26. The molecule has 0 aromatic rings. The molecule has 68 valence electrons. The zero-order valence-electron chi connectivity index (χ0n) is 7.03. The number of carbonyl (C=O) groups is 1. The Morgan fingerprint density at radius 2 is 2.50 bits per heavy atom. The Hall–Kier alpha value is -0.830. The fraction of sp³-hybridized carbons (Fsp3) is 0.667. The minimum absolute atomic E-state index is 0.364. The van der Waals surface area contributed by atoms with E-state index in [2.05, 4.69) is 0 Å². The molecule has 1 aliphatic heterocycles. The van der Waals surface area contributed by atoms with Gasteiger partial charge in [0.1, 0.15) is 0 Å². The van der Waals surface area contributed by atoms with Crippen molar-refractivity contribution in [2.75, 3.05) is 6.61 Å². The van der Waals surface area contributed by atoms with E-state index in [1.165, 1.54) is 6.08 Å². The van der Waals surface area contributed by atoms with Crippen LogP contribution >= 0.6 is 0 Å². The zero-order chi connectivity index (χ0) is 8.81. The molecule has 12 heavy (non-hydrogen) atoms. The van der Waals surface area contributed by atoms with Crippen molar-refractivity contribution < 1.29 is 14.6 Å². The van der Waals surface area contributed by atoms with Crippen molar-refractivity contribution in [3.8, 4) is 0 Å². The average Bonchev–Trinajstić information content (AvgIpc) is 2.49. The van der Waals surface area contributed by atoms with Gasteiger partial charge in [0, 0.05) is 12.7 Å². The lowest BCUT2D eigenvalue weighted by molar-refractivity contribution is -0.131. The number of carboxylic acid groups (broad SMARTS) is 1. The molecule has 1 saturated heterocycles. The Balaban J connectivity index is 2.05. The van der Waals surface area contributed by atoms with Gasteiger partial charge in [-0.2, -0.15) is 0 Å². The van der Waals surface area contributed by atoms with Crippen molar-refractivity contribution >= 4 is 5.97 Å². The number of hydrogen-bond donors (Lipinski definition) is 1. The second-order valence-corrected chi connectivity index (χ2v) is 2.95. The number of aliphatic carboxylic acids is 1. The van der Waals surface area contributed by atoms with E-state index < -0.39 is 5.97 Å². The van der Waals surface area contributed by atoms with E-state index in [0.29, 0.717) is 6.10 Å². The predicted octanol–water partition coefficient (Wildman–Crippen LogP) is 1.59. The van der Waals surface area contributed by atoms with Crippen LogP contribution in [0, 0.1) is 0 Å². The largest absolute Gasteiger partial charge is 0.478 e. The van der Waals surface area contributed by atoms with Crippen molar-refractivity contribution in [2.24, 2.45) is 0 Å². The van der Waals surface area contributed by atoms with Crippen molar-refractivity contribution in [3.05, 3.63) is 12.2 Å². The number of carboxylic acids is 1. The molecule has 1 aliphatic rings. The molecule has 0 aromatic heterocycles. The second-order valence-electron chi connectivity index (χ2n) is 2.95. The highest BCUT2D eigenvalue weighted by Gasteiger charge is 2.13. The van der Waals surface area contributed by atoms with Crippen LogP contribution in [0.1, 0.15) is 25.7 Å². The monoisotopic (exact) mass is 170 g/mol. The van der Waals surface area contributed by atoms with Crippen LogP contribution in [0.4, 0.5) is 0 Å². The van der Waals surface area contributed by atoms with Gasteiger partial charge in [-0.3, -0.25) is 0 Å². The molecule has 0 aliphatic carbocycles. The van der Waals surface area contributed by atoms with Crippen LogP contribution in [0.5, 0.6) is 0 Å². The molecule has 0 aromatic carbocycles. The van der Waals surface area contributed by atoms with E-state index in [9.17, 15) is 4.79 Å². The van der Waals surface area contributed by atoms with Gasteiger partial charge in [-0.05, 0) is 25.7 Å². The summed E-state index contributed by atoms with van der Waals surface area (Å²) in [5.74, 6) is -0.873. The molecule has 0 spiro atoms. The Morgan fingerprint density at radius 1 is 1.67 bits per heavy atom. The normalized spacial score (nSPS) is 23.5. The summed E-state index contributed by atoms with van der Waals surface area (Å²) in [6.07, 6.45) is 7.26. The van der Waals surface area contributed by atoms with Gasteiger partial charge in [0.05, 0.1) is 6.10 Å². The molecule has 0 bridgehead atoms. The average molecular weight is 170 g/mol. The minimum atomic E-state index is -0.873. The number of hydrogen-bond acceptors (Lipinski definition) is 2. The van der Waals surface area contributed by atoms with Crippen molar-refractivity contribution in [3.63, 3.8) is 0 Å². The third-order valence-corrected chi connectivity index (χ3v) is 1.94. The van der Waals surface area contributed by atoms with Crippen molar-refractivity contribution in [2.45, 2.75) is 31.8 Å². The molecule has 1 heterocycles. The molecule has 1 N–H and O–H groups in total. The summed E-state index contributed by atoms with van der Waals surface area (Å²) in [6, 6.07) is 0. The summed E-state index contributed by atoms with van der Waals surface area (Å²) in [5, 5.41) is 8.29. The fourth-order valence-electron chi connectivity index (χ4n) is 1.34. The van der Waals surface area contributed by atoms with E-state index in [1.54, 1.807) is 6.08 Å². The first-order chi connectivity index (χ1) is 5.79. The van der Waals surface area contributed by atoms with E-state index >= 15 is 0 Å². The Bertz CT molecular complexity index is 169. The molecule has 0 saturated carbocycles. The Labute approximate surface area is 72.0 Å². The highest BCUT2D eigenvalue weighted by Crippen LogP contribution is 2.16. The standard InChI is InChI=1S/C9H14O3/c10-9(11)6-2-1-4-8-5-3-7-12-8/h2,6,8H,1,3-5,7H2,(H,10,11). The van der Waals surface area contributed by atoms with Crippen LogP contribution in [-0.2, 0) is 9.53 Å². The summed E-state index contributed by atoms with van der Waals surface area (Å²) in [6.45, 7) is 0.868. The van der Waals surface area contributed by atoms with Gasteiger partial charge in [-0.15, -0.1) is 0 Å². The molecule has 3 nitrogen and oxygen atoms in total. The topological polar surface area (TPSA) is 46.5 Å². The number of rotatable bonds is 4. The van der Waals surface area contributed by atoms with Gasteiger partial charge in [0.2, 0.25) is 0 Å². The SMILES string of the molecule is O=C(O)C=CCCC1CCCO1. The predicted molar refractivity (Wildman–Crippen MR) is 45.0 cm³/mol. The maximum Gasteiger partial charge on any atom is 0.327 e. The van der Waals surface area contributed by atoms with E-state index in [1.807, 2.05) is 0 Å². The van der Waals surface area contributed by atoms with E-state index in [4.69, 9.17) is 9.84 Å². The maximum atomic E-state index is 10.1. The summed E-state index contributed by atoms with van der Waals surface area (Å²) in [5.41, 5.74) is 0. The van der Waals surface area contributed by atoms with Crippen LogP contribution in [0.15, 0.2) is 12.2 Å². The molecular formula is C9H14O3. The van der Waals surface area contributed by atoms with Crippen LogP contribution < -0.4 is 0 Å². The van der Waals surface area contributed by atoms with Crippen LogP contribution in [0.3, 0.4) is 0 Å². The fourth-order valence-corrected chi connectivity index (χ4v) is 1.34. The van der Waals surface area contributed by atoms with E-state index in [-0.39, 0.29) is 0 Å². The van der Waals surface area contributed by atoms with E-state index in [0.717, 1.165) is 32.3 Å². The summed E-state index contributed by atoms with van der Waals surface area (Å²) >= 11 is 0. The second kappa shape index (κ2) is 4.93. The number of ether oxygens (including phenoxy) is 1. The van der Waals surface area contributed by atoms with Crippen molar-refractivity contribution in [1.82, 2.24) is 0 Å². The third kappa shape index (κ3) is 3.53. The zero-order valence-corrected chi connectivity index (χ0v) is 7.03. The molecule has 1 atom stereocenters. The van der Waals surface area contributed by atoms with Gasteiger partial charge in [-0.25, -0.2) is 4.79 Å². The first-order valence-corrected chi connectivity index (χ1v) is 4.30. The lowest BCUT2D eigenvalue weighted by Gasteiger charge is -2.05. The molecule has 3 heteroatoms. The Morgan fingerprint density at radius 3 is 3.08 bits per heavy atom. The molecule has 0 radical (unpaired) electrons. The molecule has 1 unspecified atom stereocenters. The van der Waals surface area contributed by atoms with Crippen molar-refractivity contribution in [1.29, 1.82) is 0 Å². The minimum Gasteiger partial charge on any atom is -0.478 e. The highest BCUT2D eigenvalue weighted by atomic mass is 16.5. The molecule has 1 fully saturated rings. The molecule has 0 amide bonds. The van der Waals surface area contributed by atoms with Gasteiger partial charge in [-0.1, -0.05) is 6.08 Å². The lowest BCUT2D eigenvalue weighted by Crippen LogP contribution is -2.03. The van der Waals surface area contributed by atoms with Gasteiger partial charge >= 0.3 is 5.97 Å². The van der Waals surface area contributed by atoms with Crippen LogP contribution in [0.25, 0.3) is 0 Å². The van der Waals surface area contributed by atoms with Gasteiger partial charge < -0.3 is 9.84 Å². The lowest BCUT2D eigenvalue weighted by atomic mass is 10.1.